The Bertz CT molecular complexity index is 3880. The SMILES string of the molecule is FCc1c(F)c(-c2c(F)c(F)c(-c3c(F)c(F)c(-c4c(F)c(F)c(-c5c(F)c(F)c6c(F)c(F)c(F)c(F)c6c5F)c(F)c4F)c(F)c3F)c(F)c2F)c(F)c(F)c1-c1c(F)c(F)c2c(F)c(F)c(F)c(F)c2c1F. The van der Waals surface area contributed by atoms with Crippen molar-refractivity contribution in [1.29, 1.82) is 0 Å². The van der Waals surface area contributed by atoms with E-state index in [1.807, 2.05) is 0 Å². The first-order valence-electron chi connectivity index (χ1n) is 18.9. The molecule has 0 spiro atoms. The van der Waals surface area contributed by atoms with Crippen molar-refractivity contribution in [2.75, 3.05) is 0 Å². The lowest BCUT2D eigenvalue weighted by molar-refractivity contribution is 0.412. The molecule has 8 aromatic carbocycles. The Kier molecular flexibility index (Phi) is 12.8. The lowest BCUT2D eigenvalue weighted by Gasteiger charge is -2.20. The van der Waals surface area contributed by atoms with E-state index in [4.69, 9.17) is 0 Å². The third-order valence-corrected chi connectivity index (χ3v) is 11.3. The fourth-order valence-electron chi connectivity index (χ4n) is 7.94. The Morgan fingerprint density at radius 1 is 0.133 bits per heavy atom. The average molecular weight is 1110 g/mol. The fourth-order valence-corrected chi connectivity index (χ4v) is 7.94. The van der Waals surface area contributed by atoms with Gasteiger partial charge in [-0.3, -0.25) is 0 Å². The van der Waals surface area contributed by atoms with Crippen LogP contribution in [0.2, 0.25) is 0 Å². The van der Waals surface area contributed by atoms with Crippen molar-refractivity contribution in [3.8, 4) is 55.6 Å². The van der Waals surface area contributed by atoms with Gasteiger partial charge in [-0.1, -0.05) is 0 Å². The first-order chi connectivity index (χ1) is 34.9. The van der Waals surface area contributed by atoms with E-state index in [2.05, 4.69) is 0 Å². The van der Waals surface area contributed by atoms with Gasteiger partial charge in [0, 0.05) is 11.1 Å². The van der Waals surface area contributed by atoms with Gasteiger partial charge in [0.15, 0.2) is 151 Å². The predicted molar refractivity (Wildman–Crippen MR) is 192 cm³/mol. The molecule has 0 N–H and O–H groups in total. The Morgan fingerprint density at radius 3 is 0.480 bits per heavy atom. The highest BCUT2D eigenvalue weighted by Gasteiger charge is 2.43. The third-order valence-electron chi connectivity index (χ3n) is 11.3. The van der Waals surface area contributed by atoms with Crippen molar-refractivity contribution in [2.24, 2.45) is 0 Å². The molecule has 392 valence electrons. The van der Waals surface area contributed by atoms with E-state index in [0.717, 1.165) is 0 Å². The summed E-state index contributed by atoms with van der Waals surface area (Å²) in [6.45, 7) is -2.87. The Labute approximate surface area is 389 Å². The summed E-state index contributed by atoms with van der Waals surface area (Å²) in [5.74, 6) is -94.0. The largest absolute Gasteiger partial charge is 0.246 e. The molecule has 0 saturated carbocycles. The minimum Gasteiger partial charge on any atom is -0.246 e. The Balaban J connectivity index is 1.33. The van der Waals surface area contributed by atoms with Crippen molar-refractivity contribution in [3.05, 3.63) is 174 Å². The lowest BCUT2D eigenvalue weighted by atomic mass is 9.89. The summed E-state index contributed by atoms with van der Waals surface area (Å²) >= 11 is 0. The van der Waals surface area contributed by atoms with Gasteiger partial charge in [0.25, 0.3) is 0 Å². The van der Waals surface area contributed by atoms with Crippen molar-refractivity contribution in [1.82, 2.24) is 0 Å². The van der Waals surface area contributed by atoms with Crippen molar-refractivity contribution < 1.29 is 132 Å². The van der Waals surface area contributed by atoms with Crippen LogP contribution in [0.25, 0.3) is 77.2 Å². The number of alkyl halides is 1. The zero-order chi connectivity index (χ0) is 56.1. The topological polar surface area (TPSA) is 0 Å². The first-order valence-corrected chi connectivity index (χ1v) is 18.9. The van der Waals surface area contributed by atoms with Crippen LogP contribution in [0.4, 0.5) is 132 Å². The molecule has 0 radical (unpaired) electrons. The van der Waals surface area contributed by atoms with Gasteiger partial charge in [-0.2, -0.15) is 0 Å². The molecule has 0 aliphatic rings. The van der Waals surface area contributed by atoms with Gasteiger partial charge in [0.2, 0.25) is 0 Å². The molecular formula is C45H2F30. The first kappa shape index (κ1) is 53.5. The van der Waals surface area contributed by atoms with Crippen LogP contribution < -0.4 is 0 Å². The van der Waals surface area contributed by atoms with Crippen molar-refractivity contribution in [3.63, 3.8) is 0 Å². The molecular weight excluding hydrogens is 1110 g/mol. The molecule has 0 aliphatic heterocycles. The van der Waals surface area contributed by atoms with Gasteiger partial charge < -0.3 is 0 Å². The van der Waals surface area contributed by atoms with Crippen molar-refractivity contribution in [2.45, 2.75) is 6.67 Å². The second-order valence-corrected chi connectivity index (χ2v) is 15.0. The van der Waals surface area contributed by atoms with Gasteiger partial charge >= 0.3 is 0 Å². The second kappa shape index (κ2) is 17.9. The molecule has 0 unspecified atom stereocenters. The predicted octanol–water partition coefficient (Wildman–Crippen LogP) is 16.8. The van der Waals surface area contributed by atoms with Crippen LogP contribution in [0, 0.1) is 169 Å². The molecule has 0 aromatic heterocycles. The van der Waals surface area contributed by atoms with E-state index in [1.165, 1.54) is 0 Å². The van der Waals surface area contributed by atoms with Crippen LogP contribution in [0.3, 0.4) is 0 Å². The van der Waals surface area contributed by atoms with E-state index in [9.17, 15) is 48.3 Å². The summed E-state index contributed by atoms with van der Waals surface area (Å²) in [6.07, 6.45) is 0. The van der Waals surface area contributed by atoms with Gasteiger partial charge in [0.05, 0.1) is 71.6 Å². The monoisotopic (exact) mass is 1110 g/mol. The zero-order valence-electron chi connectivity index (χ0n) is 34.0. The maximum absolute atomic E-state index is 15.9. The van der Waals surface area contributed by atoms with Crippen LogP contribution in [0.1, 0.15) is 5.56 Å². The highest BCUT2D eigenvalue weighted by atomic mass is 19.2. The molecule has 0 bridgehead atoms. The maximum Gasteiger partial charge on any atom is 0.198 e. The molecule has 30 heteroatoms. The van der Waals surface area contributed by atoms with Crippen LogP contribution in [0.15, 0.2) is 0 Å². The van der Waals surface area contributed by atoms with Crippen LogP contribution in [0.5, 0.6) is 0 Å². The number of hydrogen-bond acceptors (Lipinski definition) is 0. The Hall–Kier alpha value is -7.82. The average Bonchev–Trinajstić information content (AvgIpc) is 3.37. The summed E-state index contributed by atoms with van der Waals surface area (Å²) in [7, 11) is 0. The van der Waals surface area contributed by atoms with Crippen LogP contribution >= 0.6 is 0 Å². The number of halogens is 30. The summed E-state index contributed by atoms with van der Waals surface area (Å²) in [6, 6.07) is 0. The molecule has 0 fully saturated rings. The molecule has 0 amide bonds. The molecule has 0 heterocycles. The molecule has 0 saturated heterocycles. The number of hydrogen-bond donors (Lipinski definition) is 0. The van der Waals surface area contributed by atoms with Gasteiger partial charge in [-0.25, -0.2) is 132 Å². The normalized spacial score (nSPS) is 11.9. The fraction of sp³-hybridized carbons (Fsp3) is 0.0222. The number of rotatable bonds is 6. The minimum atomic E-state index is -3.55. The smallest absolute Gasteiger partial charge is 0.198 e. The van der Waals surface area contributed by atoms with E-state index in [-0.39, 0.29) is 0 Å². The highest BCUT2D eigenvalue weighted by Crippen LogP contribution is 2.50. The lowest BCUT2D eigenvalue weighted by Crippen LogP contribution is -2.14. The second-order valence-electron chi connectivity index (χ2n) is 15.0. The molecule has 75 heavy (non-hydrogen) atoms. The molecule has 8 aromatic rings. The van der Waals surface area contributed by atoms with Gasteiger partial charge in [-0.05, 0) is 0 Å². The van der Waals surface area contributed by atoms with E-state index in [1.54, 1.807) is 0 Å². The number of benzene rings is 8. The molecule has 8 rings (SSSR count). The standard InChI is InChI=1S/C45H2F30/c46-1-2-3(4-18(48)7-11(28(58)21(4)51)40(70)44(74)42(72)38(7)68)20(50)22(52)5(17(2)47)9-24(54)30(60)13(31(61)25(9)55)15-34(64)36(66)16(37(67)35(15)65)14-32(62)26(56)10(27(57)33(14)63)6-19(49)8-12(29(59)23(6)53)41(71)45(75)43(73)39(8)69/h1H2. The van der Waals surface area contributed by atoms with E-state index < -0.39 is 258 Å². The van der Waals surface area contributed by atoms with E-state index >= 15 is 83.4 Å². The summed E-state index contributed by atoms with van der Waals surface area (Å²) in [4.78, 5) is 0. The maximum atomic E-state index is 15.9. The summed E-state index contributed by atoms with van der Waals surface area (Å²) in [5.41, 5.74) is -32.2. The van der Waals surface area contributed by atoms with Gasteiger partial charge in [0.1, 0.15) is 24.1 Å². The van der Waals surface area contributed by atoms with E-state index in [0.29, 0.717) is 0 Å². The quantitative estimate of drug-likeness (QED) is 0.0884. The molecule has 0 nitrogen and oxygen atoms in total. The van der Waals surface area contributed by atoms with Crippen molar-refractivity contribution >= 4 is 21.5 Å². The minimum absolute atomic E-state index is 2.44. The highest BCUT2D eigenvalue weighted by molar-refractivity contribution is 5.93. The zero-order valence-corrected chi connectivity index (χ0v) is 34.0. The molecule has 0 aliphatic carbocycles. The van der Waals surface area contributed by atoms with Gasteiger partial charge in [-0.15, -0.1) is 0 Å². The molecule has 0 atom stereocenters. The Morgan fingerprint density at radius 2 is 0.267 bits per heavy atom. The summed E-state index contributed by atoms with van der Waals surface area (Å²) < 4.78 is 454. The van der Waals surface area contributed by atoms with Crippen LogP contribution in [-0.2, 0) is 6.67 Å². The number of fused-ring (bicyclic) bond motifs is 2. The summed E-state index contributed by atoms with van der Waals surface area (Å²) in [5, 5.41) is -9.95. The third kappa shape index (κ3) is 6.94. The van der Waals surface area contributed by atoms with Crippen LogP contribution in [-0.4, -0.2) is 0 Å².